The van der Waals surface area contributed by atoms with E-state index in [0.29, 0.717) is 0 Å². The molecule has 0 unspecified atom stereocenters. The molecule has 1 N–H and O–H groups in total. The fourth-order valence-electron chi connectivity index (χ4n) is 4.02. The van der Waals surface area contributed by atoms with E-state index in [4.69, 9.17) is 4.74 Å². The van der Waals surface area contributed by atoms with Gasteiger partial charge in [-0.15, -0.1) is 0 Å². The van der Waals surface area contributed by atoms with Crippen molar-refractivity contribution in [1.82, 2.24) is 4.90 Å². The SMILES string of the molecule is O=C(Nc1ccc(N2CCOCC2)cc1)C1CCN(Cc2ccc(Br)cc2)CC1. The first-order chi connectivity index (χ1) is 14.2. The Morgan fingerprint density at radius 2 is 1.62 bits per heavy atom. The molecule has 0 aromatic heterocycles. The molecule has 0 atom stereocenters. The highest BCUT2D eigenvalue weighted by atomic mass is 79.9. The van der Waals surface area contributed by atoms with Crippen LogP contribution in [0.4, 0.5) is 11.4 Å². The highest BCUT2D eigenvalue weighted by molar-refractivity contribution is 9.10. The molecule has 154 valence electrons. The number of nitrogens with one attached hydrogen (secondary N) is 1. The zero-order valence-corrected chi connectivity index (χ0v) is 18.2. The second-order valence-electron chi connectivity index (χ2n) is 7.81. The van der Waals surface area contributed by atoms with Gasteiger partial charge in [-0.05, 0) is 67.9 Å². The van der Waals surface area contributed by atoms with E-state index < -0.39 is 0 Å². The normalized spacial score (nSPS) is 18.6. The molecule has 4 rings (SSSR count). The average Bonchev–Trinajstić information content (AvgIpc) is 2.77. The molecule has 1 amide bonds. The monoisotopic (exact) mass is 457 g/mol. The lowest BCUT2D eigenvalue weighted by Crippen LogP contribution is -2.37. The van der Waals surface area contributed by atoms with E-state index in [1.807, 2.05) is 12.1 Å². The van der Waals surface area contributed by atoms with Crippen LogP contribution in [0.1, 0.15) is 18.4 Å². The molecule has 0 saturated carbocycles. The second-order valence-corrected chi connectivity index (χ2v) is 8.73. The number of hydrogen-bond acceptors (Lipinski definition) is 4. The number of amides is 1. The van der Waals surface area contributed by atoms with E-state index in [2.05, 4.69) is 67.4 Å². The van der Waals surface area contributed by atoms with Crippen LogP contribution in [-0.2, 0) is 16.1 Å². The topological polar surface area (TPSA) is 44.8 Å². The molecule has 2 fully saturated rings. The van der Waals surface area contributed by atoms with Crippen LogP contribution < -0.4 is 10.2 Å². The van der Waals surface area contributed by atoms with Crippen molar-refractivity contribution in [2.75, 3.05) is 49.6 Å². The highest BCUT2D eigenvalue weighted by Gasteiger charge is 2.25. The van der Waals surface area contributed by atoms with Crippen molar-refractivity contribution in [1.29, 1.82) is 0 Å². The van der Waals surface area contributed by atoms with E-state index >= 15 is 0 Å². The number of likely N-dealkylation sites (tertiary alicyclic amines) is 1. The Morgan fingerprint density at radius 1 is 0.966 bits per heavy atom. The standard InChI is InChI=1S/C23H28BrN3O2/c24-20-3-1-18(2-4-20)17-26-11-9-19(10-12-26)23(28)25-21-5-7-22(8-6-21)27-13-15-29-16-14-27/h1-8,19H,9-17H2,(H,25,28). The Morgan fingerprint density at radius 3 is 2.28 bits per heavy atom. The number of anilines is 2. The quantitative estimate of drug-likeness (QED) is 0.732. The smallest absolute Gasteiger partial charge is 0.227 e. The van der Waals surface area contributed by atoms with Gasteiger partial charge in [0.25, 0.3) is 0 Å². The Balaban J connectivity index is 1.24. The molecule has 2 aliphatic heterocycles. The molecule has 2 aliphatic rings. The first kappa shape index (κ1) is 20.4. The van der Waals surface area contributed by atoms with Crippen LogP contribution >= 0.6 is 15.9 Å². The molecule has 6 heteroatoms. The summed E-state index contributed by atoms with van der Waals surface area (Å²) in [5.41, 5.74) is 3.38. The maximum absolute atomic E-state index is 12.7. The minimum absolute atomic E-state index is 0.0927. The molecule has 2 heterocycles. The summed E-state index contributed by atoms with van der Waals surface area (Å²) in [7, 11) is 0. The predicted octanol–water partition coefficient (Wildman–Crippen LogP) is 4.14. The van der Waals surface area contributed by atoms with Crippen LogP contribution in [-0.4, -0.2) is 50.2 Å². The summed E-state index contributed by atoms with van der Waals surface area (Å²) in [6.45, 7) is 6.27. The maximum Gasteiger partial charge on any atom is 0.227 e. The Kier molecular flexibility index (Phi) is 6.85. The van der Waals surface area contributed by atoms with Gasteiger partial charge in [-0.2, -0.15) is 0 Å². The van der Waals surface area contributed by atoms with Crippen molar-refractivity contribution in [2.24, 2.45) is 5.92 Å². The third-order valence-corrected chi connectivity index (χ3v) is 6.32. The maximum atomic E-state index is 12.7. The summed E-state index contributed by atoms with van der Waals surface area (Å²) < 4.78 is 6.51. The summed E-state index contributed by atoms with van der Waals surface area (Å²) in [5, 5.41) is 3.11. The van der Waals surface area contributed by atoms with Crippen LogP contribution in [0.25, 0.3) is 0 Å². The van der Waals surface area contributed by atoms with E-state index in [0.717, 1.165) is 68.9 Å². The van der Waals surface area contributed by atoms with E-state index in [9.17, 15) is 4.79 Å². The lowest BCUT2D eigenvalue weighted by atomic mass is 9.95. The summed E-state index contributed by atoms with van der Waals surface area (Å²) in [5.74, 6) is 0.238. The molecule has 2 aromatic carbocycles. The molecule has 2 saturated heterocycles. The van der Waals surface area contributed by atoms with E-state index in [1.54, 1.807) is 0 Å². The number of rotatable bonds is 5. The van der Waals surface area contributed by atoms with E-state index in [1.165, 1.54) is 11.3 Å². The lowest BCUT2D eigenvalue weighted by molar-refractivity contribution is -0.121. The molecule has 0 spiro atoms. The summed E-state index contributed by atoms with van der Waals surface area (Å²) in [6, 6.07) is 16.7. The summed E-state index contributed by atoms with van der Waals surface area (Å²) in [4.78, 5) is 17.4. The van der Waals surface area contributed by atoms with Gasteiger partial charge in [-0.25, -0.2) is 0 Å². The average molecular weight is 458 g/mol. The number of morpholine rings is 1. The minimum atomic E-state index is 0.0927. The number of piperidine rings is 1. The molecule has 5 nitrogen and oxygen atoms in total. The Hall–Kier alpha value is -1.89. The molecule has 2 aromatic rings. The lowest BCUT2D eigenvalue weighted by Gasteiger charge is -2.31. The first-order valence-electron chi connectivity index (χ1n) is 10.4. The number of carbonyl (C=O) groups is 1. The highest BCUT2D eigenvalue weighted by Crippen LogP contribution is 2.23. The van der Waals surface area contributed by atoms with Gasteiger partial charge in [0.05, 0.1) is 13.2 Å². The van der Waals surface area contributed by atoms with Crippen LogP contribution in [0.5, 0.6) is 0 Å². The van der Waals surface area contributed by atoms with Crippen LogP contribution in [0.15, 0.2) is 53.0 Å². The van der Waals surface area contributed by atoms with Crippen LogP contribution in [0.2, 0.25) is 0 Å². The Labute approximate surface area is 181 Å². The second kappa shape index (κ2) is 9.74. The molecular formula is C23H28BrN3O2. The van der Waals surface area contributed by atoms with Crippen molar-refractivity contribution >= 4 is 33.2 Å². The molecule has 29 heavy (non-hydrogen) atoms. The van der Waals surface area contributed by atoms with Gasteiger partial charge in [-0.3, -0.25) is 9.69 Å². The number of carbonyl (C=O) groups excluding carboxylic acids is 1. The third-order valence-electron chi connectivity index (χ3n) is 5.79. The number of nitrogens with zero attached hydrogens (tertiary/aromatic N) is 2. The van der Waals surface area contributed by atoms with Gasteiger partial charge in [-0.1, -0.05) is 28.1 Å². The van der Waals surface area contributed by atoms with Gasteiger partial charge in [0.15, 0.2) is 0 Å². The number of hydrogen-bond donors (Lipinski definition) is 1. The number of ether oxygens (including phenoxy) is 1. The molecular weight excluding hydrogens is 430 g/mol. The summed E-state index contributed by atoms with van der Waals surface area (Å²) in [6.07, 6.45) is 1.82. The zero-order chi connectivity index (χ0) is 20.1. The molecule has 0 bridgehead atoms. The van der Waals surface area contributed by atoms with Crippen molar-refractivity contribution in [2.45, 2.75) is 19.4 Å². The van der Waals surface area contributed by atoms with Crippen molar-refractivity contribution < 1.29 is 9.53 Å². The summed E-state index contributed by atoms with van der Waals surface area (Å²) >= 11 is 3.48. The van der Waals surface area contributed by atoms with Crippen LogP contribution in [0, 0.1) is 5.92 Å². The van der Waals surface area contributed by atoms with Gasteiger partial charge < -0.3 is 15.0 Å². The first-order valence-corrected chi connectivity index (χ1v) is 11.2. The Bertz CT molecular complexity index is 796. The molecule has 0 aliphatic carbocycles. The van der Waals surface area contributed by atoms with E-state index in [-0.39, 0.29) is 11.8 Å². The number of halogens is 1. The minimum Gasteiger partial charge on any atom is -0.378 e. The van der Waals surface area contributed by atoms with Crippen molar-refractivity contribution in [3.63, 3.8) is 0 Å². The van der Waals surface area contributed by atoms with Gasteiger partial charge in [0, 0.05) is 41.4 Å². The molecule has 0 radical (unpaired) electrons. The van der Waals surface area contributed by atoms with Crippen molar-refractivity contribution in [3.05, 3.63) is 58.6 Å². The largest absolute Gasteiger partial charge is 0.378 e. The van der Waals surface area contributed by atoms with Gasteiger partial charge >= 0.3 is 0 Å². The van der Waals surface area contributed by atoms with Gasteiger partial charge in [0.1, 0.15) is 0 Å². The predicted molar refractivity (Wildman–Crippen MR) is 120 cm³/mol. The number of benzene rings is 2. The third kappa shape index (κ3) is 5.59. The zero-order valence-electron chi connectivity index (χ0n) is 16.6. The fraction of sp³-hybridized carbons (Fsp3) is 0.435. The van der Waals surface area contributed by atoms with Crippen molar-refractivity contribution in [3.8, 4) is 0 Å². The van der Waals surface area contributed by atoms with Gasteiger partial charge in [0.2, 0.25) is 5.91 Å². The fourth-order valence-corrected chi connectivity index (χ4v) is 4.29. The van der Waals surface area contributed by atoms with Crippen LogP contribution in [0.3, 0.4) is 0 Å².